The molecule has 0 aromatic heterocycles. The molecule has 0 aliphatic rings. The SMILES string of the molecule is [2H]CC([2H])([2H])C([2H])([2H])C([2H])([2H])C([2H])([2H])C([2H])([2H])C([2H])([2H])C. The van der Waals surface area contributed by atoms with Crippen LogP contribution in [0.4, 0.5) is 0 Å². The van der Waals surface area contributed by atoms with Gasteiger partial charge >= 0.3 is 0 Å². The maximum absolute atomic E-state index is 7.61. The summed E-state index contributed by atoms with van der Waals surface area (Å²) in [6, 6.07) is 0. The summed E-state index contributed by atoms with van der Waals surface area (Å²) in [6.45, 7) is -0.507. The Kier molecular flexibility index (Phi) is 0.857. The van der Waals surface area contributed by atoms with Crippen molar-refractivity contribution >= 4 is 0 Å². The third-order valence-corrected chi connectivity index (χ3v) is 0.401. The molecule has 0 heteroatoms. The minimum atomic E-state index is -3.72. The van der Waals surface area contributed by atoms with Crippen LogP contribution in [0.25, 0.3) is 0 Å². The predicted molar refractivity (Wildman–Crippen MR) is 39.1 cm³/mol. The Bertz CT molecular complexity index is 376. The van der Waals surface area contributed by atoms with E-state index in [1.54, 1.807) is 0 Å². The van der Waals surface area contributed by atoms with E-state index in [1.165, 1.54) is 0 Å². The first-order valence-electron chi connectivity index (χ1n) is 8.81. The van der Waals surface area contributed by atoms with Crippen LogP contribution in [-0.2, 0) is 0 Å². The topological polar surface area (TPSA) is 0 Å². The molecular formula is C8H18. The molecule has 0 atom stereocenters. The van der Waals surface area contributed by atoms with Gasteiger partial charge in [-0.25, -0.2) is 0 Å². The molecule has 0 heterocycles. The molecular weight excluding hydrogens is 96.1 g/mol. The molecule has 0 amide bonds. The lowest BCUT2D eigenvalue weighted by Crippen LogP contribution is -1.73. The maximum Gasteiger partial charge on any atom is 0.0267 e. The van der Waals surface area contributed by atoms with Gasteiger partial charge in [-0.2, -0.15) is 0 Å². The molecule has 0 N–H and O–H groups in total. The summed E-state index contributed by atoms with van der Waals surface area (Å²) < 4.78 is 96.8. The first kappa shape index (κ1) is 0.980. The molecule has 0 aromatic rings. The third-order valence-electron chi connectivity index (χ3n) is 0.401. The molecule has 0 aliphatic carbocycles. The molecule has 0 unspecified atom stereocenters. The minimum Gasteiger partial charge on any atom is -0.0654 e. The summed E-state index contributed by atoms with van der Waals surface area (Å²) in [5.74, 6) is 0. The van der Waals surface area contributed by atoms with Crippen LogP contribution in [0.3, 0.4) is 0 Å². The fourth-order valence-corrected chi connectivity index (χ4v) is 0.169. The molecule has 8 heavy (non-hydrogen) atoms. The lowest BCUT2D eigenvalue weighted by molar-refractivity contribution is 0.624. The van der Waals surface area contributed by atoms with E-state index in [4.69, 9.17) is 17.8 Å². The second kappa shape index (κ2) is 7.00. The van der Waals surface area contributed by atoms with Crippen molar-refractivity contribution in [1.29, 1.82) is 0 Å². The van der Waals surface area contributed by atoms with Gasteiger partial charge in [-0.1, -0.05) is 52.1 Å². The molecule has 0 radical (unpaired) electrons. The zero-order valence-corrected chi connectivity index (χ0v) is 4.71. The largest absolute Gasteiger partial charge is 0.0654 e. The van der Waals surface area contributed by atoms with Crippen LogP contribution in [0.5, 0.6) is 0 Å². The van der Waals surface area contributed by atoms with Crippen molar-refractivity contribution in [3.8, 4) is 0 Å². The molecule has 50 valence electrons. The Morgan fingerprint density at radius 2 is 1.75 bits per heavy atom. The van der Waals surface area contributed by atoms with Crippen molar-refractivity contribution in [1.82, 2.24) is 0 Å². The second-order valence-corrected chi connectivity index (χ2v) is 0.927. The van der Waals surface area contributed by atoms with E-state index in [-0.39, 0.29) is 0 Å². The molecule has 0 spiro atoms. The fraction of sp³-hybridized carbons (Fsp3) is 1.00. The highest BCUT2D eigenvalue weighted by Gasteiger charge is 1.83. The van der Waals surface area contributed by atoms with Gasteiger partial charge in [0.1, 0.15) is 0 Å². The minimum absolute atomic E-state index is 0.690. The van der Waals surface area contributed by atoms with Gasteiger partial charge in [0.15, 0.2) is 0 Å². The third kappa shape index (κ3) is 6.00. The highest BCUT2D eigenvalue weighted by Crippen LogP contribution is 2.03. The Morgan fingerprint density at radius 1 is 1.12 bits per heavy atom. The van der Waals surface area contributed by atoms with Gasteiger partial charge in [-0.15, -0.1) is 0 Å². The molecule has 0 bridgehead atoms. The highest BCUT2D eigenvalue weighted by molar-refractivity contribution is 4.39. The smallest absolute Gasteiger partial charge is 0.0267 e. The van der Waals surface area contributed by atoms with Gasteiger partial charge in [0.25, 0.3) is 0 Å². The molecule has 0 saturated carbocycles. The zero-order chi connectivity index (χ0) is 17.7. The molecule has 0 aromatic carbocycles. The van der Waals surface area contributed by atoms with Crippen LogP contribution in [0.15, 0.2) is 0 Å². The van der Waals surface area contributed by atoms with Crippen molar-refractivity contribution in [2.24, 2.45) is 0 Å². The number of hydrogen-bond acceptors (Lipinski definition) is 0. The molecule has 0 rings (SSSR count). The predicted octanol–water partition coefficient (Wildman–Crippen LogP) is 3.37. The summed E-state index contributed by atoms with van der Waals surface area (Å²) in [5, 5.41) is 0. The van der Waals surface area contributed by atoms with E-state index in [1.807, 2.05) is 0 Å². The summed E-state index contributed by atoms with van der Waals surface area (Å²) in [4.78, 5) is 0. The van der Waals surface area contributed by atoms with Gasteiger partial charge in [-0.3, -0.25) is 0 Å². The monoisotopic (exact) mass is 127 g/mol. The highest BCUT2D eigenvalue weighted by atomic mass is 13.9. The van der Waals surface area contributed by atoms with Crippen LogP contribution >= 0.6 is 0 Å². The lowest BCUT2D eigenvalue weighted by atomic mass is 10.1. The summed E-state index contributed by atoms with van der Waals surface area (Å²) in [5.41, 5.74) is 0. The Balaban J connectivity index is 6.14. The van der Waals surface area contributed by atoms with E-state index in [9.17, 15) is 0 Å². The van der Waals surface area contributed by atoms with E-state index < -0.39 is 45.1 Å². The van der Waals surface area contributed by atoms with Crippen LogP contribution in [-0.4, -0.2) is 0 Å². The average Bonchev–Trinajstić information content (AvgIpc) is 2.26. The van der Waals surface area contributed by atoms with Gasteiger partial charge in [0, 0.05) is 17.8 Å². The number of rotatable bonds is 5. The van der Waals surface area contributed by atoms with Crippen molar-refractivity contribution in [2.75, 3.05) is 0 Å². The molecule has 0 nitrogen and oxygen atoms in total. The van der Waals surface area contributed by atoms with Crippen LogP contribution in [0.1, 0.15) is 69.9 Å². The normalized spacial score (nSPS) is 44.4. The summed E-state index contributed by atoms with van der Waals surface area (Å²) in [7, 11) is 0. The Hall–Kier alpha value is 0. The van der Waals surface area contributed by atoms with Crippen LogP contribution in [0.2, 0.25) is 0 Å². The zero-order valence-electron chi connectivity index (χ0n) is 17.7. The first-order valence-corrected chi connectivity index (χ1v) is 2.10. The quantitative estimate of drug-likeness (QED) is 0.531. The lowest BCUT2D eigenvalue weighted by Gasteiger charge is -1.93. The summed E-state index contributed by atoms with van der Waals surface area (Å²) in [6.07, 6.45) is -20.3. The standard InChI is InChI=1S/C8H18/c1-3-5-7-8-6-4-2/h3-8H2,1-2H3/i1D,3D2,4D2,5D2,6D2,7D2,8D2. The van der Waals surface area contributed by atoms with Gasteiger partial charge in [0.05, 0.1) is 0 Å². The van der Waals surface area contributed by atoms with Crippen LogP contribution < -0.4 is 0 Å². The Labute approximate surface area is 71.6 Å². The fourth-order valence-electron chi connectivity index (χ4n) is 0.169. The van der Waals surface area contributed by atoms with E-state index in [2.05, 4.69) is 0 Å². The van der Waals surface area contributed by atoms with Crippen LogP contribution in [0, 0.1) is 0 Å². The second-order valence-electron chi connectivity index (χ2n) is 0.927. The molecule has 0 fully saturated rings. The van der Waals surface area contributed by atoms with Gasteiger partial charge in [0.2, 0.25) is 0 Å². The van der Waals surface area contributed by atoms with E-state index >= 15 is 0 Å². The van der Waals surface area contributed by atoms with E-state index in [0.29, 0.717) is 6.92 Å². The van der Waals surface area contributed by atoms with E-state index in [0.717, 1.165) is 0 Å². The van der Waals surface area contributed by atoms with Crippen molar-refractivity contribution < 1.29 is 17.8 Å². The Morgan fingerprint density at radius 3 is 2.25 bits per heavy atom. The van der Waals surface area contributed by atoms with Crippen molar-refractivity contribution in [2.45, 2.75) is 52.1 Å². The maximum atomic E-state index is 7.61. The number of hydrogen-bond donors (Lipinski definition) is 0. The van der Waals surface area contributed by atoms with Crippen molar-refractivity contribution in [3.63, 3.8) is 0 Å². The average molecular weight is 127 g/mol. The van der Waals surface area contributed by atoms with Gasteiger partial charge < -0.3 is 0 Å². The van der Waals surface area contributed by atoms with Gasteiger partial charge in [-0.05, 0) is 0 Å². The van der Waals surface area contributed by atoms with Crippen molar-refractivity contribution in [3.05, 3.63) is 0 Å². The first-order chi connectivity index (χ1) is 8.81. The summed E-state index contributed by atoms with van der Waals surface area (Å²) >= 11 is 0. The molecule has 0 saturated heterocycles. The molecule has 0 aliphatic heterocycles.